The predicted molar refractivity (Wildman–Crippen MR) is 183 cm³/mol. The van der Waals surface area contributed by atoms with E-state index < -0.39 is 28.5 Å². The number of carbonyl (C=O) groups excluding carboxylic acids is 2. The number of amides is 2. The number of ether oxygens (including phenoxy) is 1. The van der Waals surface area contributed by atoms with E-state index in [-0.39, 0.29) is 40.5 Å². The first-order valence-corrected chi connectivity index (χ1v) is 16.9. The van der Waals surface area contributed by atoms with Crippen molar-refractivity contribution in [3.63, 3.8) is 0 Å². The van der Waals surface area contributed by atoms with Gasteiger partial charge in [0, 0.05) is 24.0 Å². The highest BCUT2D eigenvalue weighted by Gasteiger charge is 2.35. The van der Waals surface area contributed by atoms with Crippen LogP contribution in [-0.2, 0) is 32.6 Å². The Morgan fingerprint density at radius 3 is 2.15 bits per heavy atom. The number of aryl methyl sites for hydroxylation is 1. The lowest BCUT2D eigenvalue weighted by Crippen LogP contribution is -2.54. The summed E-state index contributed by atoms with van der Waals surface area (Å²) in [5, 5.41) is 3.58. The highest BCUT2D eigenvalue weighted by molar-refractivity contribution is 7.92. The van der Waals surface area contributed by atoms with Crippen LogP contribution in [0.3, 0.4) is 0 Å². The average Bonchev–Trinajstić information content (AvgIpc) is 3.01. The Kier molecular flexibility index (Phi) is 11.7. The van der Waals surface area contributed by atoms with Crippen LogP contribution >= 0.6 is 23.2 Å². The molecule has 1 atom stereocenters. The average molecular weight is 683 g/mol. The van der Waals surface area contributed by atoms with Crippen LogP contribution in [0.25, 0.3) is 0 Å². The normalized spacial score (nSPS) is 12.0. The van der Waals surface area contributed by atoms with E-state index in [1.165, 1.54) is 42.3 Å². The number of methoxy groups -OCH3 is 1. The van der Waals surface area contributed by atoms with Crippen molar-refractivity contribution in [2.24, 2.45) is 0 Å². The van der Waals surface area contributed by atoms with Crippen LogP contribution in [0.5, 0.6) is 5.75 Å². The molecule has 1 N–H and O–H groups in total. The standard InChI is InChI=1S/C35H37Cl2N3O5S/c1-24(2)38-35(42)32(20-26-9-6-5-7-10-26)39(22-27-11-8-12-28(36)19-27)34(41)23-40(29-15-18-33(45-4)31(37)21-29)46(43,44)30-16-13-25(3)14-17-30/h5-19,21,24,32H,20,22-23H2,1-4H3,(H,38,42). The van der Waals surface area contributed by atoms with Gasteiger partial charge in [-0.2, -0.15) is 0 Å². The Labute approximate surface area is 280 Å². The van der Waals surface area contributed by atoms with Crippen LogP contribution in [0.1, 0.15) is 30.5 Å². The number of nitrogens with zero attached hydrogens (tertiary/aromatic N) is 2. The fraction of sp³-hybridized carbons (Fsp3) is 0.257. The summed E-state index contributed by atoms with van der Waals surface area (Å²) in [5.41, 5.74) is 2.55. The molecule has 46 heavy (non-hydrogen) atoms. The highest BCUT2D eigenvalue weighted by Crippen LogP contribution is 2.32. The lowest BCUT2D eigenvalue weighted by Gasteiger charge is -2.34. The van der Waals surface area contributed by atoms with Gasteiger partial charge in [-0.1, -0.05) is 83.4 Å². The van der Waals surface area contributed by atoms with Gasteiger partial charge < -0.3 is 15.0 Å². The molecule has 2 amide bonds. The van der Waals surface area contributed by atoms with Crippen LogP contribution in [0, 0.1) is 6.92 Å². The Hall–Kier alpha value is -4.05. The molecule has 242 valence electrons. The monoisotopic (exact) mass is 681 g/mol. The molecule has 1 unspecified atom stereocenters. The van der Waals surface area contributed by atoms with E-state index >= 15 is 0 Å². The molecule has 4 rings (SSSR count). The first-order chi connectivity index (χ1) is 21.9. The maximum atomic E-state index is 14.5. The van der Waals surface area contributed by atoms with E-state index in [0.717, 1.165) is 15.4 Å². The molecule has 0 spiro atoms. The van der Waals surface area contributed by atoms with Crippen molar-refractivity contribution >= 4 is 50.7 Å². The number of hydrogen-bond acceptors (Lipinski definition) is 5. The Morgan fingerprint density at radius 2 is 1.54 bits per heavy atom. The molecule has 0 fully saturated rings. The first-order valence-electron chi connectivity index (χ1n) is 14.7. The predicted octanol–water partition coefficient (Wildman–Crippen LogP) is 6.67. The number of sulfonamides is 1. The molecule has 0 saturated heterocycles. The largest absolute Gasteiger partial charge is 0.495 e. The van der Waals surface area contributed by atoms with Crippen molar-refractivity contribution in [3.05, 3.63) is 124 Å². The second-order valence-electron chi connectivity index (χ2n) is 11.2. The summed E-state index contributed by atoms with van der Waals surface area (Å²) >= 11 is 12.7. The minimum atomic E-state index is -4.27. The SMILES string of the molecule is COc1ccc(N(CC(=O)N(Cc2cccc(Cl)c2)C(Cc2ccccc2)C(=O)NC(C)C)S(=O)(=O)c2ccc(C)cc2)cc1Cl. The molecule has 11 heteroatoms. The van der Waals surface area contributed by atoms with Crippen LogP contribution in [0.4, 0.5) is 5.69 Å². The van der Waals surface area contributed by atoms with Gasteiger partial charge in [-0.15, -0.1) is 0 Å². The molecular weight excluding hydrogens is 645 g/mol. The molecule has 4 aromatic rings. The Balaban J connectivity index is 1.83. The first kappa shape index (κ1) is 34.8. The van der Waals surface area contributed by atoms with Gasteiger partial charge in [0.1, 0.15) is 18.3 Å². The summed E-state index contributed by atoms with van der Waals surface area (Å²) in [4.78, 5) is 29.7. The lowest BCUT2D eigenvalue weighted by molar-refractivity contribution is -0.140. The van der Waals surface area contributed by atoms with Crippen LogP contribution in [-0.4, -0.2) is 50.9 Å². The summed E-state index contributed by atoms with van der Waals surface area (Å²) in [6.45, 7) is 4.92. The molecule has 8 nitrogen and oxygen atoms in total. The molecule has 0 heterocycles. The zero-order valence-corrected chi connectivity index (χ0v) is 28.4. The fourth-order valence-electron chi connectivity index (χ4n) is 4.94. The third-order valence-electron chi connectivity index (χ3n) is 7.26. The van der Waals surface area contributed by atoms with Crippen LogP contribution in [0.2, 0.25) is 10.0 Å². The topological polar surface area (TPSA) is 96.0 Å². The molecule has 0 aliphatic heterocycles. The van der Waals surface area contributed by atoms with Crippen molar-refractivity contribution in [1.82, 2.24) is 10.2 Å². The van der Waals surface area contributed by atoms with E-state index in [2.05, 4.69) is 5.32 Å². The minimum absolute atomic E-state index is 0.00221. The van der Waals surface area contributed by atoms with Gasteiger partial charge in [0.25, 0.3) is 10.0 Å². The van der Waals surface area contributed by atoms with Crippen LogP contribution < -0.4 is 14.4 Å². The summed E-state index contributed by atoms with van der Waals surface area (Å²) in [6.07, 6.45) is 0.199. The zero-order valence-electron chi connectivity index (χ0n) is 26.1. The fourth-order valence-corrected chi connectivity index (χ4v) is 6.81. The van der Waals surface area contributed by atoms with E-state index in [9.17, 15) is 18.0 Å². The van der Waals surface area contributed by atoms with Gasteiger partial charge in [0.2, 0.25) is 11.8 Å². The van der Waals surface area contributed by atoms with Gasteiger partial charge in [-0.3, -0.25) is 13.9 Å². The number of halogens is 2. The summed E-state index contributed by atoms with van der Waals surface area (Å²) < 4.78 is 34.7. The summed E-state index contributed by atoms with van der Waals surface area (Å²) in [5.74, 6) is -0.614. The smallest absolute Gasteiger partial charge is 0.264 e. The van der Waals surface area contributed by atoms with Crippen molar-refractivity contribution < 1.29 is 22.7 Å². The second kappa shape index (κ2) is 15.5. The molecule has 0 aliphatic carbocycles. The van der Waals surface area contributed by atoms with Crippen molar-refractivity contribution in [1.29, 1.82) is 0 Å². The quantitative estimate of drug-likeness (QED) is 0.170. The number of anilines is 1. The number of benzene rings is 4. The van der Waals surface area contributed by atoms with Gasteiger partial charge in [-0.05, 0) is 74.4 Å². The second-order valence-corrected chi connectivity index (χ2v) is 13.9. The van der Waals surface area contributed by atoms with Crippen molar-refractivity contribution in [3.8, 4) is 5.75 Å². The Morgan fingerprint density at radius 1 is 0.870 bits per heavy atom. The molecule has 0 saturated carbocycles. The van der Waals surface area contributed by atoms with Gasteiger partial charge >= 0.3 is 0 Å². The zero-order chi connectivity index (χ0) is 33.4. The van der Waals surface area contributed by atoms with E-state index in [1.807, 2.05) is 51.1 Å². The van der Waals surface area contributed by atoms with Gasteiger partial charge in [0.15, 0.2) is 0 Å². The number of nitrogens with one attached hydrogen (secondary N) is 1. The summed E-state index contributed by atoms with van der Waals surface area (Å²) in [6, 6.07) is 26.0. The molecule has 0 bridgehead atoms. The van der Waals surface area contributed by atoms with Crippen LogP contribution in [0.15, 0.2) is 102 Å². The molecule has 0 radical (unpaired) electrons. The molecular formula is C35H37Cl2N3O5S. The van der Waals surface area contributed by atoms with Crippen molar-refractivity contribution in [2.45, 2.75) is 50.7 Å². The molecule has 0 aliphatic rings. The lowest BCUT2D eigenvalue weighted by atomic mass is 10.0. The molecule has 4 aromatic carbocycles. The maximum Gasteiger partial charge on any atom is 0.264 e. The Bertz CT molecular complexity index is 1770. The minimum Gasteiger partial charge on any atom is -0.495 e. The van der Waals surface area contributed by atoms with Gasteiger partial charge in [-0.25, -0.2) is 8.42 Å². The van der Waals surface area contributed by atoms with E-state index in [1.54, 1.807) is 36.4 Å². The number of carbonyl (C=O) groups is 2. The summed E-state index contributed by atoms with van der Waals surface area (Å²) in [7, 11) is -2.82. The van der Waals surface area contributed by atoms with Gasteiger partial charge in [0.05, 0.1) is 22.7 Å². The third kappa shape index (κ3) is 8.81. The number of hydrogen-bond donors (Lipinski definition) is 1. The third-order valence-corrected chi connectivity index (χ3v) is 9.57. The maximum absolute atomic E-state index is 14.5. The highest BCUT2D eigenvalue weighted by atomic mass is 35.5. The molecule has 0 aromatic heterocycles. The van der Waals surface area contributed by atoms with E-state index in [4.69, 9.17) is 27.9 Å². The van der Waals surface area contributed by atoms with E-state index in [0.29, 0.717) is 16.3 Å². The van der Waals surface area contributed by atoms with Crippen molar-refractivity contribution in [2.75, 3.05) is 18.0 Å². The number of rotatable bonds is 13.